The summed E-state index contributed by atoms with van der Waals surface area (Å²) in [6, 6.07) is 11.3. The fraction of sp³-hybridized carbons (Fsp3) is 0.0500. The van der Waals surface area contributed by atoms with Gasteiger partial charge in [-0.15, -0.1) is 6.42 Å². The van der Waals surface area contributed by atoms with Crippen molar-refractivity contribution in [3.05, 3.63) is 68.5 Å². The average molecular weight is 431 g/mol. The van der Waals surface area contributed by atoms with E-state index < -0.39 is 5.91 Å². The number of carbonyl (C=O) groups is 2. The van der Waals surface area contributed by atoms with Gasteiger partial charge in [0.15, 0.2) is 5.17 Å². The van der Waals surface area contributed by atoms with Crippen molar-refractivity contribution in [2.45, 2.75) is 0 Å². The van der Waals surface area contributed by atoms with E-state index in [1.54, 1.807) is 48.5 Å². The van der Waals surface area contributed by atoms with Crippen LogP contribution in [0.4, 0.5) is 0 Å². The summed E-state index contributed by atoms with van der Waals surface area (Å²) in [5.74, 6) is 2.01. The molecule has 2 amide bonds. The molecule has 2 aromatic carbocycles. The van der Waals surface area contributed by atoms with Gasteiger partial charge in [0.1, 0.15) is 12.4 Å². The monoisotopic (exact) mass is 430 g/mol. The lowest BCUT2D eigenvalue weighted by Gasteiger charge is -2.07. The zero-order valence-electron chi connectivity index (χ0n) is 14.2. The maximum absolute atomic E-state index is 12.2. The van der Waals surface area contributed by atoms with Crippen molar-refractivity contribution in [3.63, 3.8) is 0 Å². The molecule has 1 N–H and O–H groups in total. The van der Waals surface area contributed by atoms with Gasteiger partial charge in [-0.3, -0.25) is 9.59 Å². The molecule has 28 heavy (non-hydrogen) atoms. The number of nitrogens with zero attached hydrogens (tertiary/aromatic N) is 1. The molecule has 8 heteroatoms. The molecule has 5 nitrogen and oxygen atoms in total. The summed E-state index contributed by atoms with van der Waals surface area (Å²) in [6.45, 7) is 0.0828. The third-order valence-corrected chi connectivity index (χ3v) is 4.91. The number of rotatable bonds is 4. The van der Waals surface area contributed by atoms with Crippen LogP contribution < -0.4 is 10.1 Å². The number of halogens is 2. The molecule has 1 fully saturated rings. The normalized spacial score (nSPS) is 16.1. The minimum absolute atomic E-state index is 0.0828. The van der Waals surface area contributed by atoms with Crippen LogP contribution in [0.1, 0.15) is 15.9 Å². The van der Waals surface area contributed by atoms with Crippen LogP contribution in [-0.4, -0.2) is 23.6 Å². The number of terminal acetylenes is 1. The van der Waals surface area contributed by atoms with Crippen molar-refractivity contribution in [1.82, 2.24) is 5.32 Å². The summed E-state index contributed by atoms with van der Waals surface area (Å²) in [6.07, 6.45) is 6.83. The topological polar surface area (TPSA) is 67.8 Å². The molecular formula is C20H12Cl2N2O3S. The fourth-order valence-electron chi connectivity index (χ4n) is 2.25. The molecular weight excluding hydrogens is 419 g/mol. The lowest BCUT2D eigenvalue weighted by Crippen LogP contribution is -2.20. The number of aliphatic imine (C=N–C) groups is 1. The van der Waals surface area contributed by atoms with E-state index in [1.807, 2.05) is 0 Å². The maximum atomic E-state index is 12.2. The van der Waals surface area contributed by atoms with E-state index in [9.17, 15) is 9.59 Å². The predicted octanol–water partition coefficient (Wildman–Crippen LogP) is 4.41. The number of hydrogen-bond acceptors (Lipinski definition) is 4. The largest absolute Gasteiger partial charge is 0.480 e. The first-order valence-corrected chi connectivity index (χ1v) is 9.49. The van der Waals surface area contributed by atoms with Crippen LogP contribution in [0, 0.1) is 12.3 Å². The van der Waals surface area contributed by atoms with Crippen molar-refractivity contribution in [3.8, 4) is 18.1 Å². The molecule has 1 aliphatic rings. The minimum atomic E-state index is -0.485. The molecule has 0 saturated carbocycles. The van der Waals surface area contributed by atoms with Gasteiger partial charge >= 0.3 is 0 Å². The zero-order valence-corrected chi connectivity index (χ0v) is 16.6. The summed E-state index contributed by atoms with van der Waals surface area (Å²) >= 11 is 12.9. The Labute approximate surface area is 175 Å². The van der Waals surface area contributed by atoms with E-state index in [0.717, 1.165) is 11.8 Å². The van der Waals surface area contributed by atoms with Crippen LogP contribution in [0.3, 0.4) is 0 Å². The smallest absolute Gasteiger partial charge is 0.279 e. The van der Waals surface area contributed by atoms with Crippen LogP contribution >= 0.6 is 35.0 Å². The first kappa shape index (κ1) is 20.0. The Balaban J connectivity index is 1.83. The number of benzene rings is 2. The third-order valence-electron chi connectivity index (χ3n) is 3.51. The molecule has 1 heterocycles. The molecule has 0 spiro atoms. The summed E-state index contributed by atoms with van der Waals surface area (Å²) in [5.41, 5.74) is 0.953. The van der Waals surface area contributed by atoms with Crippen LogP contribution in [0.25, 0.3) is 6.08 Å². The van der Waals surface area contributed by atoms with Gasteiger partial charge in [0.2, 0.25) is 0 Å². The molecule has 0 aromatic heterocycles. The number of ether oxygens (including phenoxy) is 1. The minimum Gasteiger partial charge on any atom is -0.480 e. The number of amides is 2. The molecule has 3 rings (SSSR count). The molecule has 0 unspecified atom stereocenters. The van der Waals surface area contributed by atoms with E-state index in [1.165, 1.54) is 0 Å². The van der Waals surface area contributed by atoms with Crippen molar-refractivity contribution >= 4 is 58.0 Å². The van der Waals surface area contributed by atoms with Gasteiger partial charge in [0.25, 0.3) is 11.8 Å². The molecule has 1 saturated heterocycles. The fourth-order valence-corrected chi connectivity index (χ4v) is 3.37. The quantitative estimate of drug-likeness (QED) is 0.576. The highest BCUT2D eigenvalue weighted by Gasteiger charge is 2.25. The molecule has 2 aromatic rings. The van der Waals surface area contributed by atoms with E-state index in [-0.39, 0.29) is 17.7 Å². The molecule has 140 valence electrons. The van der Waals surface area contributed by atoms with Crippen LogP contribution in [0.2, 0.25) is 10.0 Å². The lowest BCUT2D eigenvalue weighted by molar-refractivity contribution is -0.115. The van der Waals surface area contributed by atoms with Gasteiger partial charge in [0, 0.05) is 21.2 Å². The lowest BCUT2D eigenvalue weighted by atomic mass is 10.2. The summed E-state index contributed by atoms with van der Waals surface area (Å²) in [7, 11) is 0. The number of thioether (sulfide) groups is 1. The second-order valence-electron chi connectivity index (χ2n) is 5.47. The summed E-state index contributed by atoms with van der Waals surface area (Å²) in [5, 5.41) is 3.75. The van der Waals surface area contributed by atoms with E-state index in [0.29, 0.717) is 31.8 Å². The van der Waals surface area contributed by atoms with Gasteiger partial charge < -0.3 is 10.1 Å². The highest BCUT2D eigenvalue weighted by Crippen LogP contribution is 2.31. The zero-order chi connectivity index (χ0) is 20.1. The van der Waals surface area contributed by atoms with Crippen molar-refractivity contribution < 1.29 is 14.3 Å². The number of amidine groups is 1. The Hall–Kier alpha value is -2.72. The Morgan fingerprint density at radius 1 is 1.21 bits per heavy atom. The van der Waals surface area contributed by atoms with Crippen molar-refractivity contribution in [2.75, 3.05) is 6.61 Å². The first-order chi connectivity index (χ1) is 13.5. The molecule has 0 radical (unpaired) electrons. The SMILES string of the molecule is C#CCOc1ccc(Cl)cc1/C=C1\SC(=NC(=O)c2ccc(Cl)cc2)NC1=O. The van der Waals surface area contributed by atoms with Gasteiger partial charge in [-0.1, -0.05) is 29.1 Å². The van der Waals surface area contributed by atoms with E-state index >= 15 is 0 Å². The second kappa shape index (κ2) is 8.98. The number of carbonyl (C=O) groups excluding carboxylic acids is 2. The maximum Gasteiger partial charge on any atom is 0.279 e. The third kappa shape index (κ3) is 4.96. The first-order valence-electron chi connectivity index (χ1n) is 7.91. The Morgan fingerprint density at radius 2 is 1.93 bits per heavy atom. The van der Waals surface area contributed by atoms with Gasteiger partial charge in [-0.2, -0.15) is 4.99 Å². The van der Waals surface area contributed by atoms with Crippen molar-refractivity contribution in [1.29, 1.82) is 0 Å². The number of nitrogens with one attached hydrogen (secondary N) is 1. The summed E-state index contributed by atoms with van der Waals surface area (Å²) < 4.78 is 5.47. The highest BCUT2D eigenvalue weighted by molar-refractivity contribution is 8.18. The predicted molar refractivity (Wildman–Crippen MR) is 113 cm³/mol. The van der Waals surface area contributed by atoms with Crippen LogP contribution in [0.15, 0.2) is 52.4 Å². The van der Waals surface area contributed by atoms with E-state index in [4.69, 9.17) is 34.4 Å². The number of hydrogen-bond donors (Lipinski definition) is 1. The van der Waals surface area contributed by atoms with Gasteiger partial charge in [0.05, 0.1) is 4.91 Å². The van der Waals surface area contributed by atoms with Crippen molar-refractivity contribution in [2.24, 2.45) is 4.99 Å². The molecule has 0 atom stereocenters. The Bertz CT molecular complexity index is 1040. The second-order valence-corrected chi connectivity index (χ2v) is 7.37. The summed E-state index contributed by atoms with van der Waals surface area (Å²) in [4.78, 5) is 28.8. The Morgan fingerprint density at radius 3 is 2.64 bits per heavy atom. The van der Waals surface area contributed by atoms with E-state index in [2.05, 4.69) is 16.2 Å². The highest BCUT2D eigenvalue weighted by atomic mass is 35.5. The molecule has 0 bridgehead atoms. The average Bonchev–Trinajstić information content (AvgIpc) is 3.00. The van der Waals surface area contributed by atoms with Gasteiger partial charge in [-0.25, -0.2) is 0 Å². The van der Waals surface area contributed by atoms with Crippen LogP contribution in [0.5, 0.6) is 5.75 Å². The molecule has 0 aliphatic carbocycles. The Kier molecular flexibility index (Phi) is 6.42. The van der Waals surface area contributed by atoms with Gasteiger partial charge in [-0.05, 0) is 60.3 Å². The molecule has 1 aliphatic heterocycles. The standard InChI is InChI=1S/C20H12Cl2N2O3S/c1-2-9-27-16-8-7-15(22)10-13(16)11-17-19(26)24-20(28-17)23-18(25)12-3-5-14(21)6-4-12/h1,3-8,10-11H,9H2,(H,23,24,25,26)/b17-11-. The van der Waals surface area contributed by atoms with Crippen LogP contribution in [-0.2, 0) is 4.79 Å².